The molecule has 7 heteroatoms. The first-order valence-electron chi connectivity index (χ1n) is 6.78. The number of nitrogens with one attached hydrogen (secondary N) is 1. The van der Waals surface area contributed by atoms with E-state index in [1.165, 1.54) is 30.3 Å². The zero-order valence-corrected chi connectivity index (χ0v) is 13.6. The van der Waals surface area contributed by atoms with Gasteiger partial charge in [0.05, 0.1) is 11.0 Å². The largest absolute Gasteiger partial charge is 0.489 e. The third kappa shape index (κ3) is 5.52. The summed E-state index contributed by atoms with van der Waals surface area (Å²) in [6.07, 6.45) is 0. The van der Waals surface area contributed by atoms with Gasteiger partial charge in [-0.15, -0.1) is 0 Å². The molecule has 1 N–H and O–H groups in total. The normalized spacial score (nSPS) is 10.2. The summed E-state index contributed by atoms with van der Waals surface area (Å²) >= 11 is 3.14. The molecule has 0 aliphatic heterocycles. The van der Waals surface area contributed by atoms with Crippen LogP contribution in [0.15, 0.2) is 46.9 Å². The van der Waals surface area contributed by atoms with Crippen LogP contribution < -0.4 is 14.8 Å². The van der Waals surface area contributed by atoms with Crippen LogP contribution in [0, 0.1) is 11.6 Å². The van der Waals surface area contributed by atoms with E-state index in [9.17, 15) is 13.6 Å². The highest BCUT2D eigenvalue weighted by atomic mass is 79.9. The standard InChI is InChI=1S/C16H14BrF2NO3/c17-12-9-11(18)5-6-14(12)23-10-16(21)20-7-8-22-15-4-2-1-3-13(15)19/h1-6,9H,7-8,10H2,(H,20,21). The number of benzene rings is 2. The van der Waals surface area contributed by atoms with Gasteiger partial charge in [-0.2, -0.15) is 0 Å². The number of carbonyl (C=O) groups excluding carboxylic acids is 1. The van der Waals surface area contributed by atoms with E-state index >= 15 is 0 Å². The molecule has 0 aromatic heterocycles. The number of halogens is 3. The number of hydrogen-bond donors (Lipinski definition) is 1. The van der Waals surface area contributed by atoms with Gasteiger partial charge >= 0.3 is 0 Å². The fourth-order valence-corrected chi connectivity index (χ4v) is 2.17. The van der Waals surface area contributed by atoms with Gasteiger partial charge in [-0.25, -0.2) is 8.78 Å². The Labute approximate surface area is 140 Å². The van der Waals surface area contributed by atoms with Crippen LogP contribution in [-0.4, -0.2) is 25.7 Å². The molecule has 0 radical (unpaired) electrons. The van der Waals surface area contributed by atoms with Crippen LogP contribution in [0.1, 0.15) is 0 Å². The topological polar surface area (TPSA) is 47.6 Å². The monoisotopic (exact) mass is 385 g/mol. The fraction of sp³-hybridized carbons (Fsp3) is 0.188. The first kappa shape index (κ1) is 17.2. The van der Waals surface area contributed by atoms with Gasteiger partial charge in [0.25, 0.3) is 5.91 Å². The summed E-state index contributed by atoms with van der Waals surface area (Å²) in [4.78, 5) is 11.6. The van der Waals surface area contributed by atoms with Gasteiger partial charge in [0.2, 0.25) is 0 Å². The van der Waals surface area contributed by atoms with E-state index in [2.05, 4.69) is 21.2 Å². The second-order valence-electron chi connectivity index (χ2n) is 4.49. The van der Waals surface area contributed by atoms with E-state index in [1.54, 1.807) is 12.1 Å². The summed E-state index contributed by atoms with van der Waals surface area (Å²) in [7, 11) is 0. The number of amides is 1. The molecule has 0 saturated carbocycles. The number of ether oxygens (including phenoxy) is 2. The van der Waals surface area contributed by atoms with Gasteiger partial charge in [0, 0.05) is 0 Å². The van der Waals surface area contributed by atoms with Gasteiger partial charge in [-0.1, -0.05) is 12.1 Å². The van der Waals surface area contributed by atoms with Crippen molar-refractivity contribution in [2.24, 2.45) is 0 Å². The maximum Gasteiger partial charge on any atom is 0.258 e. The van der Waals surface area contributed by atoms with Crippen molar-refractivity contribution in [1.29, 1.82) is 0 Å². The van der Waals surface area contributed by atoms with Crippen molar-refractivity contribution in [1.82, 2.24) is 5.32 Å². The molecule has 0 bridgehead atoms. The molecule has 0 aliphatic carbocycles. The molecule has 0 heterocycles. The minimum absolute atomic E-state index is 0.132. The van der Waals surface area contributed by atoms with Crippen LogP contribution in [0.25, 0.3) is 0 Å². The molecular weight excluding hydrogens is 372 g/mol. The first-order chi connectivity index (χ1) is 11.1. The van der Waals surface area contributed by atoms with Gasteiger partial charge in [0.1, 0.15) is 18.2 Å². The summed E-state index contributed by atoms with van der Waals surface area (Å²) in [5.74, 6) is -0.724. The van der Waals surface area contributed by atoms with E-state index in [4.69, 9.17) is 9.47 Å². The van der Waals surface area contributed by atoms with Crippen molar-refractivity contribution < 1.29 is 23.0 Å². The van der Waals surface area contributed by atoms with Crippen molar-refractivity contribution in [3.63, 3.8) is 0 Å². The predicted octanol–water partition coefficient (Wildman–Crippen LogP) is 3.30. The number of carbonyl (C=O) groups is 1. The van der Waals surface area contributed by atoms with Crippen LogP contribution in [0.2, 0.25) is 0 Å². The van der Waals surface area contributed by atoms with Gasteiger partial charge in [-0.3, -0.25) is 4.79 Å². The molecule has 0 fully saturated rings. The average molecular weight is 386 g/mol. The van der Waals surface area contributed by atoms with Crippen LogP contribution in [-0.2, 0) is 4.79 Å². The first-order valence-corrected chi connectivity index (χ1v) is 7.57. The summed E-state index contributed by atoms with van der Waals surface area (Å²) in [5.41, 5.74) is 0. The van der Waals surface area contributed by atoms with E-state index in [0.29, 0.717) is 10.2 Å². The molecular formula is C16H14BrF2NO3. The molecule has 0 unspecified atom stereocenters. The quantitative estimate of drug-likeness (QED) is 0.743. The highest BCUT2D eigenvalue weighted by Crippen LogP contribution is 2.25. The number of para-hydroxylation sites is 1. The Bertz CT molecular complexity index is 682. The highest BCUT2D eigenvalue weighted by Gasteiger charge is 2.07. The van der Waals surface area contributed by atoms with Crippen LogP contribution >= 0.6 is 15.9 Å². The van der Waals surface area contributed by atoms with E-state index in [1.807, 2.05) is 0 Å². The fourth-order valence-electron chi connectivity index (χ4n) is 1.70. The van der Waals surface area contributed by atoms with E-state index < -0.39 is 11.6 Å². The smallest absolute Gasteiger partial charge is 0.258 e. The Morgan fingerprint density at radius 1 is 1.09 bits per heavy atom. The maximum absolute atomic E-state index is 13.3. The number of rotatable bonds is 7. The molecule has 0 atom stereocenters. The lowest BCUT2D eigenvalue weighted by Gasteiger charge is -2.10. The lowest BCUT2D eigenvalue weighted by Crippen LogP contribution is -2.32. The minimum atomic E-state index is -0.455. The number of hydrogen-bond acceptors (Lipinski definition) is 3. The Morgan fingerprint density at radius 3 is 2.61 bits per heavy atom. The minimum Gasteiger partial charge on any atom is -0.489 e. The molecule has 0 spiro atoms. The van der Waals surface area contributed by atoms with Crippen molar-refractivity contribution in [3.8, 4) is 11.5 Å². The molecule has 4 nitrogen and oxygen atoms in total. The van der Waals surface area contributed by atoms with Gasteiger partial charge < -0.3 is 14.8 Å². The molecule has 122 valence electrons. The third-order valence-corrected chi connectivity index (χ3v) is 3.39. The lowest BCUT2D eigenvalue weighted by atomic mass is 10.3. The van der Waals surface area contributed by atoms with Gasteiger partial charge in [0.15, 0.2) is 18.2 Å². The van der Waals surface area contributed by atoms with Crippen molar-refractivity contribution in [3.05, 3.63) is 58.6 Å². The summed E-state index contributed by atoms with van der Waals surface area (Å²) in [6, 6.07) is 9.93. The summed E-state index contributed by atoms with van der Waals surface area (Å²) < 4.78 is 37.1. The lowest BCUT2D eigenvalue weighted by molar-refractivity contribution is -0.123. The van der Waals surface area contributed by atoms with Crippen LogP contribution in [0.5, 0.6) is 11.5 Å². The zero-order valence-electron chi connectivity index (χ0n) is 12.0. The molecule has 2 aromatic rings. The molecule has 23 heavy (non-hydrogen) atoms. The molecule has 0 aliphatic rings. The van der Waals surface area contributed by atoms with Crippen molar-refractivity contribution in [2.75, 3.05) is 19.8 Å². The Morgan fingerprint density at radius 2 is 1.87 bits per heavy atom. The molecule has 2 aromatic carbocycles. The average Bonchev–Trinajstić information content (AvgIpc) is 2.52. The molecule has 1 amide bonds. The van der Waals surface area contributed by atoms with Crippen molar-refractivity contribution in [2.45, 2.75) is 0 Å². The molecule has 2 rings (SSSR count). The molecule has 0 saturated heterocycles. The second-order valence-corrected chi connectivity index (χ2v) is 5.35. The van der Waals surface area contributed by atoms with E-state index in [0.717, 1.165) is 0 Å². The zero-order chi connectivity index (χ0) is 16.7. The SMILES string of the molecule is O=C(COc1ccc(F)cc1Br)NCCOc1ccccc1F. The Hall–Kier alpha value is -2.15. The van der Waals surface area contributed by atoms with E-state index in [-0.39, 0.29) is 31.4 Å². The maximum atomic E-state index is 13.3. The second kappa shape index (κ2) is 8.47. The van der Waals surface area contributed by atoms with Crippen molar-refractivity contribution >= 4 is 21.8 Å². The Kier molecular flexibility index (Phi) is 6.34. The third-order valence-electron chi connectivity index (χ3n) is 2.77. The van der Waals surface area contributed by atoms with Crippen LogP contribution in [0.4, 0.5) is 8.78 Å². The summed E-state index contributed by atoms with van der Waals surface area (Å²) in [6.45, 7) is 0.123. The predicted molar refractivity (Wildman–Crippen MR) is 84.5 cm³/mol. The summed E-state index contributed by atoms with van der Waals surface area (Å²) in [5, 5.41) is 2.57. The highest BCUT2D eigenvalue weighted by molar-refractivity contribution is 9.10. The van der Waals surface area contributed by atoms with Crippen LogP contribution in [0.3, 0.4) is 0 Å². The Balaban J connectivity index is 1.68. The van der Waals surface area contributed by atoms with Gasteiger partial charge in [-0.05, 0) is 46.3 Å².